The Kier molecular flexibility index (Phi) is 5.68. The molecule has 174 valence electrons. The van der Waals surface area contributed by atoms with E-state index in [0.717, 1.165) is 34.5 Å². The van der Waals surface area contributed by atoms with Crippen LogP contribution >= 0.6 is 22.9 Å². The molecule has 0 saturated heterocycles. The largest absolute Gasteiger partial charge is 0.333 e. The molecular formula is C23H19ClN4O4S2. The van der Waals surface area contributed by atoms with E-state index in [1.807, 2.05) is 36.0 Å². The Hall–Kier alpha value is -3.18. The lowest BCUT2D eigenvalue weighted by atomic mass is 10.0. The van der Waals surface area contributed by atoms with Gasteiger partial charge in [-0.3, -0.25) is 14.3 Å². The number of carbonyl (C=O) groups excluding carboxylic acids is 1. The van der Waals surface area contributed by atoms with Crippen molar-refractivity contribution >= 4 is 55.5 Å². The molecule has 0 atom stereocenters. The number of sulfonamides is 1. The molecule has 4 aromatic rings. The minimum atomic E-state index is -4.03. The molecule has 0 aliphatic carbocycles. The van der Waals surface area contributed by atoms with E-state index < -0.39 is 16.1 Å². The molecule has 0 unspecified atom stereocenters. The van der Waals surface area contributed by atoms with Crippen molar-refractivity contribution in [2.24, 2.45) is 0 Å². The molecule has 2 N–H and O–H groups in total. The lowest BCUT2D eigenvalue weighted by Crippen LogP contribution is -2.33. The number of hydrogen-bond donors (Lipinski definition) is 2. The summed E-state index contributed by atoms with van der Waals surface area (Å²) in [5.41, 5.74) is 2.99. The van der Waals surface area contributed by atoms with Crippen LogP contribution in [-0.4, -0.2) is 31.0 Å². The molecule has 0 bridgehead atoms. The van der Waals surface area contributed by atoms with Crippen LogP contribution < -0.4 is 15.6 Å². The zero-order valence-corrected chi connectivity index (χ0v) is 20.3. The molecule has 2 aromatic carbocycles. The number of carbonyl (C=O) groups is 1. The van der Waals surface area contributed by atoms with E-state index in [9.17, 15) is 18.0 Å². The van der Waals surface area contributed by atoms with Crippen LogP contribution in [0.3, 0.4) is 0 Å². The van der Waals surface area contributed by atoms with E-state index in [1.165, 1.54) is 12.1 Å². The van der Waals surface area contributed by atoms with Crippen LogP contribution in [0.25, 0.3) is 16.5 Å². The van der Waals surface area contributed by atoms with E-state index >= 15 is 0 Å². The van der Waals surface area contributed by atoms with Gasteiger partial charge in [-0.05, 0) is 60.5 Å². The van der Waals surface area contributed by atoms with Gasteiger partial charge in [0.15, 0.2) is 0 Å². The highest BCUT2D eigenvalue weighted by atomic mass is 35.5. The number of aromatic nitrogens is 1. The first-order chi connectivity index (χ1) is 16.2. The number of anilines is 1. The number of benzene rings is 2. The van der Waals surface area contributed by atoms with E-state index in [0.29, 0.717) is 27.6 Å². The zero-order valence-electron chi connectivity index (χ0n) is 17.9. The second-order valence-corrected chi connectivity index (χ2v) is 11.6. The summed E-state index contributed by atoms with van der Waals surface area (Å²) in [5, 5.41) is 4.12. The van der Waals surface area contributed by atoms with E-state index in [4.69, 9.17) is 11.6 Å². The van der Waals surface area contributed by atoms with Gasteiger partial charge in [-0.15, -0.1) is 11.3 Å². The SMILES string of the molecule is CN1Cc2c(n(-c3ccc(NC(=O)NS(=O)(=O)c4ccc(Cl)s4)cc3)c(=O)c3ccccc23)C1. The molecule has 1 aliphatic heterocycles. The molecular weight excluding hydrogens is 496 g/mol. The van der Waals surface area contributed by atoms with E-state index in [2.05, 4.69) is 10.2 Å². The Labute approximate surface area is 204 Å². The fourth-order valence-corrected chi connectivity index (χ4v) is 6.52. The fraction of sp³-hybridized carbons (Fsp3) is 0.130. The summed E-state index contributed by atoms with van der Waals surface area (Å²) in [6.45, 7) is 1.39. The van der Waals surface area contributed by atoms with Crippen LogP contribution in [0, 0.1) is 0 Å². The number of hydrogen-bond acceptors (Lipinski definition) is 6. The Morgan fingerprint density at radius 2 is 1.71 bits per heavy atom. The van der Waals surface area contributed by atoms with Gasteiger partial charge in [0.1, 0.15) is 4.21 Å². The number of urea groups is 1. The van der Waals surface area contributed by atoms with Gasteiger partial charge < -0.3 is 5.32 Å². The number of amides is 2. The fourth-order valence-electron chi connectivity index (χ4n) is 4.13. The standard InChI is InChI=1S/C23H19ClN4O4S2/c1-27-12-18-16-4-2-3-5-17(16)22(29)28(19(18)13-27)15-8-6-14(7-9-15)25-23(30)26-34(31,32)21-11-10-20(24)33-21/h2-11H,12-13H2,1H3,(H2,25,26,30). The van der Waals surface area contributed by atoms with Crippen molar-refractivity contribution in [3.8, 4) is 5.69 Å². The maximum absolute atomic E-state index is 13.3. The Balaban J connectivity index is 1.42. The Morgan fingerprint density at radius 3 is 2.38 bits per heavy atom. The topological polar surface area (TPSA) is 101 Å². The van der Waals surface area contributed by atoms with Crippen LogP contribution in [0.15, 0.2) is 69.7 Å². The third kappa shape index (κ3) is 4.09. The molecule has 2 amide bonds. The number of thiophene rings is 1. The summed E-state index contributed by atoms with van der Waals surface area (Å²) < 4.78 is 28.5. The first-order valence-corrected chi connectivity index (χ1v) is 12.9. The van der Waals surface area contributed by atoms with E-state index in [-0.39, 0.29) is 9.77 Å². The van der Waals surface area contributed by atoms with Crippen LogP contribution in [0.5, 0.6) is 0 Å². The number of nitrogens with zero attached hydrogens (tertiary/aromatic N) is 2. The smallest absolute Gasteiger partial charge is 0.307 e. The van der Waals surface area contributed by atoms with Gasteiger partial charge in [0, 0.05) is 35.5 Å². The highest BCUT2D eigenvalue weighted by Crippen LogP contribution is 2.29. The number of nitrogens with one attached hydrogen (secondary N) is 2. The monoisotopic (exact) mass is 514 g/mol. The zero-order chi connectivity index (χ0) is 24.0. The summed E-state index contributed by atoms with van der Waals surface area (Å²) in [4.78, 5) is 27.8. The maximum Gasteiger partial charge on any atom is 0.333 e. The first-order valence-electron chi connectivity index (χ1n) is 10.3. The molecule has 8 nitrogen and oxygen atoms in total. The van der Waals surface area contributed by atoms with Gasteiger partial charge in [-0.2, -0.15) is 0 Å². The molecule has 1 aliphatic rings. The maximum atomic E-state index is 13.3. The minimum absolute atomic E-state index is 0.0579. The van der Waals surface area contributed by atoms with Gasteiger partial charge in [-0.1, -0.05) is 29.8 Å². The van der Waals surface area contributed by atoms with E-state index in [1.54, 1.807) is 28.8 Å². The van der Waals surface area contributed by atoms with Gasteiger partial charge in [0.05, 0.1) is 4.34 Å². The average molecular weight is 515 g/mol. The summed E-state index contributed by atoms with van der Waals surface area (Å²) >= 11 is 6.64. The van der Waals surface area contributed by atoms with Crippen LogP contribution in [0.4, 0.5) is 10.5 Å². The highest BCUT2D eigenvalue weighted by molar-refractivity contribution is 7.92. The predicted molar refractivity (Wildman–Crippen MR) is 133 cm³/mol. The lowest BCUT2D eigenvalue weighted by Gasteiger charge is -2.15. The van der Waals surface area contributed by atoms with Gasteiger partial charge in [0.25, 0.3) is 15.6 Å². The summed E-state index contributed by atoms with van der Waals surface area (Å²) in [6, 6.07) is 16.1. The van der Waals surface area contributed by atoms with Crippen molar-refractivity contribution in [3.05, 3.63) is 86.6 Å². The molecule has 11 heteroatoms. The van der Waals surface area contributed by atoms with Crippen molar-refractivity contribution < 1.29 is 13.2 Å². The third-order valence-corrected chi connectivity index (χ3v) is 8.63. The second kappa shape index (κ2) is 8.55. The normalized spacial score (nSPS) is 13.7. The van der Waals surface area contributed by atoms with Crippen LogP contribution in [-0.2, 0) is 23.1 Å². The van der Waals surface area contributed by atoms with Crippen LogP contribution in [0.1, 0.15) is 11.3 Å². The quantitative estimate of drug-likeness (QED) is 0.426. The molecule has 34 heavy (non-hydrogen) atoms. The third-order valence-electron chi connectivity index (χ3n) is 5.58. The minimum Gasteiger partial charge on any atom is -0.307 e. The second-order valence-electron chi connectivity index (χ2n) is 7.95. The number of pyridine rings is 1. The van der Waals surface area contributed by atoms with Crippen molar-refractivity contribution in [1.29, 1.82) is 0 Å². The molecule has 2 aromatic heterocycles. The average Bonchev–Trinajstić information content (AvgIpc) is 3.41. The van der Waals surface area contributed by atoms with Crippen molar-refractivity contribution in [2.75, 3.05) is 12.4 Å². The number of fused-ring (bicyclic) bond motifs is 3. The summed E-state index contributed by atoms with van der Waals surface area (Å²) in [7, 11) is -2.02. The highest BCUT2D eigenvalue weighted by Gasteiger charge is 2.25. The molecule has 3 heterocycles. The predicted octanol–water partition coefficient (Wildman–Crippen LogP) is 4.16. The number of halogens is 1. The molecule has 0 radical (unpaired) electrons. The summed E-state index contributed by atoms with van der Waals surface area (Å²) in [5.74, 6) is 0. The van der Waals surface area contributed by atoms with Gasteiger partial charge in [0.2, 0.25) is 0 Å². The first kappa shape index (κ1) is 22.6. The lowest BCUT2D eigenvalue weighted by molar-refractivity contribution is 0.256. The molecule has 5 rings (SSSR count). The Bertz CT molecular complexity index is 1590. The van der Waals surface area contributed by atoms with Crippen molar-refractivity contribution in [1.82, 2.24) is 14.2 Å². The molecule has 0 fully saturated rings. The van der Waals surface area contributed by atoms with Crippen LogP contribution in [0.2, 0.25) is 4.34 Å². The summed E-state index contributed by atoms with van der Waals surface area (Å²) in [6.07, 6.45) is 0. The molecule has 0 saturated carbocycles. The van der Waals surface area contributed by atoms with Crippen molar-refractivity contribution in [3.63, 3.8) is 0 Å². The number of rotatable bonds is 4. The van der Waals surface area contributed by atoms with Crippen molar-refractivity contribution in [2.45, 2.75) is 17.3 Å². The molecule has 0 spiro atoms. The van der Waals surface area contributed by atoms with Gasteiger partial charge in [-0.25, -0.2) is 17.9 Å². The Morgan fingerprint density at radius 1 is 1.00 bits per heavy atom. The van der Waals surface area contributed by atoms with Gasteiger partial charge >= 0.3 is 6.03 Å².